The quantitative estimate of drug-likeness (QED) is 0.448. The van der Waals surface area contributed by atoms with Gasteiger partial charge < -0.3 is 19.6 Å². The van der Waals surface area contributed by atoms with E-state index >= 15 is 0 Å². The molecule has 2 aromatic heterocycles. The fourth-order valence-electron chi connectivity index (χ4n) is 4.78. The Kier molecular flexibility index (Phi) is 7.51. The summed E-state index contributed by atoms with van der Waals surface area (Å²) in [6, 6.07) is 7.80. The monoisotopic (exact) mass is 464 g/mol. The van der Waals surface area contributed by atoms with Gasteiger partial charge in [-0.3, -0.25) is 9.59 Å². The molecule has 7 heteroatoms. The Morgan fingerprint density at radius 2 is 2.03 bits per heavy atom. The number of aromatic amines is 1. The van der Waals surface area contributed by atoms with Gasteiger partial charge in [-0.1, -0.05) is 19.9 Å². The summed E-state index contributed by atoms with van der Waals surface area (Å²) in [6.07, 6.45) is 6.79. The number of esters is 1. The molecule has 0 saturated heterocycles. The highest BCUT2D eigenvalue weighted by molar-refractivity contribution is 5.81. The molecule has 4 rings (SSSR count). The van der Waals surface area contributed by atoms with Crippen LogP contribution in [0.25, 0.3) is 22.4 Å². The summed E-state index contributed by atoms with van der Waals surface area (Å²) in [5.74, 6) is 1.09. The maximum atomic E-state index is 12.8. The van der Waals surface area contributed by atoms with Gasteiger partial charge in [-0.2, -0.15) is 0 Å². The second-order valence-electron chi connectivity index (χ2n) is 9.81. The Bertz CT molecular complexity index is 1200. The predicted molar refractivity (Wildman–Crippen MR) is 135 cm³/mol. The van der Waals surface area contributed by atoms with E-state index in [0.717, 1.165) is 66.6 Å². The van der Waals surface area contributed by atoms with Crippen LogP contribution in [0, 0.1) is 12.8 Å². The highest BCUT2D eigenvalue weighted by Crippen LogP contribution is 2.26. The number of hydrogen-bond donors (Lipinski definition) is 2. The zero-order chi connectivity index (χ0) is 24.2. The molecule has 3 aromatic rings. The summed E-state index contributed by atoms with van der Waals surface area (Å²) in [6.45, 7) is 9.48. The van der Waals surface area contributed by atoms with Crippen LogP contribution in [-0.2, 0) is 22.6 Å². The first-order chi connectivity index (χ1) is 16.4. The molecule has 0 bridgehead atoms. The molecule has 0 unspecified atom stereocenters. The minimum absolute atomic E-state index is 0.0771. The molecule has 0 amide bonds. The maximum Gasteiger partial charge on any atom is 0.323 e. The number of carbonyl (C=O) groups is 1. The number of fused-ring (bicyclic) bond motifs is 1. The van der Waals surface area contributed by atoms with Crippen molar-refractivity contribution in [1.29, 1.82) is 0 Å². The first kappa shape index (κ1) is 24.2. The number of pyridine rings is 1. The molecule has 0 aliphatic heterocycles. The first-order valence-corrected chi connectivity index (χ1v) is 12.5. The lowest BCUT2D eigenvalue weighted by molar-refractivity contribution is -0.151. The number of hydrogen-bond acceptors (Lipinski definition) is 5. The zero-order valence-corrected chi connectivity index (χ0v) is 20.7. The van der Waals surface area contributed by atoms with E-state index in [9.17, 15) is 9.59 Å². The summed E-state index contributed by atoms with van der Waals surface area (Å²) in [4.78, 5) is 32.3. The van der Waals surface area contributed by atoms with Gasteiger partial charge in [0.15, 0.2) is 0 Å². The van der Waals surface area contributed by atoms with Crippen LogP contribution in [0.15, 0.2) is 35.3 Å². The number of imidazole rings is 1. The molecule has 2 heterocycles. The molecule has 1 atom stereocenters. The largest absolute Gasteiger partial charge is 0.461 e. The lowest BCUT2D eigenvalue weighted by Crippen LogP contribution is -2.40. The maximum absolute atomic E-state index is 12.8. The third kappa shape index (κ3) is 5.41. The van der Waals surface area contributed by atoms with Crippen molar-refractivity contribution in [2.24, 2.45) is 5.92 Å². The molecule has 0 radical (unpaired) electrons. The normalized spacial score (nSPS) is 15.3. The number of nitrogens with one attached hydrogen (secondary N) is 2. The Morgan fingerprint density at radius 1 is 1.26 bits per heavy atom. The van der Waals surface area contributed by atoms with Crippen LogP contribution in [0.3, 0.4) is 0 Å². The second kappa shape index (κ2) is 10.6. The topological polar surface area (TPSA) is 89.0 Å². The van der Waals surface area contributed by atoms with Gasteiger partial charge in [0.1, 0.15) is 18.0 Å². The van der Waals surface area contributed by atoms with E-state index in [1.165, 1.54) is 0 Å². The van der Waals surface area contributed by atoms with Crippen molar-refractivity contribution in [3.63, 3.8) is 0 Å². The molecule has 1 aromatic carbocycles. The van der Waals surface area contributed by atoms with Crippen LogP contribution in [0.2, 0.25) is 0 Å². The van der Waals surface area contributed by atoms with E-state index in [1.54, 1.807) is 13.1 Å². The molecule has 182 valence electrons. The van der Waals surface area contributed by atoms with Gasteiger partial charge in [0.2, 0.25) is 0 Å². The Morgan fingerprint density at radius 3 is 2.71 bits per heavy atom. The average molecular weight is 465 g/mol. The van der Waals surface area contributed by atoms with Crippen LogP contribution in [0.1, 0.15) is 64.0 Å². The van der Waals surface area contributed by atoms with Crippen molar-refractivity contribution >= 4 is 17.0 Å². The van der Waals surface area contributed by atoms with E-state index in [1.807, 2.05) is 6.07 Å². The lowest BCUT2D eigenvalue weighted by atomic mass is 10.0. The molecule has 1 fully saturated rings. The molecule has 0 spiro atoms. The number of benzene rings is 1. The fourth-order valence-corrected chi connectivity index (χ4v) is 4.78. The zero-order valence-electron chi connectivity index (χ0n) is 20.7. The number of H-pyrrole nitrogens is 1. The third-order valence-corrected chi connectivity index (χ3v) is 6.61. The summed E-state index contributed by atoms with van der Waals surface area (Å²) in [5.41, 5.74) is 4.48. The van der Waals surface area contributed by atoms with Gasteiger partial charge in [-0.05, 0) is 75.6 Å². The van der Waals surface area contributed by atoms with Crippen molar-refractivity contribution in [3.05, 3.63) is 51.9 Å². The van der Waals surface area contributed by atoms with E-state index in [4.69, 9.17) is 9.72 Å². The Labute approximate surface area is 200 Å². The highest BCUT2D eigenvalue weighted by Gasteiger charge is 2.26. The Balaban J connectivity index is 1.53. The molecule has 1 aliphatic carbocycles. The van der Waals surface area contributed by atoms with Gasteiger partial charge >= 0.3 is 5.97 Å². The molecule has 2 N–H and O–H groups in total. The molecule has 1 aliphatic rings. The van der Waals surface area contributed by atoms with Crippen molar-refractivity contribution in [2.45, 2.75) is 85.0 Å². The van der Waals surface area contributed by atoms with Crippen molar-refractivity contribution in [3.8, 4) is 11.4 Å². The highest BCUT2D eigenvalue weighted by atomic mass is 16.5. The van der Waals surface area contributed by atoms with E-state index in [2.05, 4.69) is 53.8 Å². The number of carbonyl (C=O) groups excluding carboxylic acids is 1. The van der Waals surface area contributed by atoms with Crippen molar-refractivity contribution < 1.29 is 9.53 Å². The number of ether oxygens (including phenoxy) is 1. The molecule has 1 saturated carbocycles. The minimum atomic E-state index is -0.316. The number of nitrogens with zero attached hydrogens (tertiary/aromatic N) is 2. The molecular formula is C27H36N4O3. The molecular weight excluding hydrogens is 428 g/mol. The van der Waals surface area contributed by atoms with Crippen LogP contribution in [0.5, 0.6) is 0 Å². The lowest BCUT2D eigenvalue weighted by Gasteiger charge is -2.21. The van der Waals surface area contributed by atoms with Gasteiger partial charge in [0.25, 0.3) is 5.56 Å². The van der Waals surface area contributed by atoms with E-state index in [0.29, 0.717) is 18.0 Å². The SMILES string of the molecule is CCn1c(-c2c[nH]c(=O)c(C)c2)nc2cc(CN[C@@H](CC(C)C)C(=O)OC3CCCC3)ccc21. The van der Waals surface area contributed by atoms with E-state index in [-0.39, 0.29) is 23.7 Å². The van der Waals surface area contributed by atoms with Crippen LogP contribution in [0.4, 0.5) is 0 Å². The van der Waals surface area contributed by atoms with Crippen molar-refractivity contribution in [1.82, 2.24) is 19.9 Å². The van der Waals surface area contributed by atoms with Gasteiger partial charge in [0, 0.05) is 30.4 Å². The smallest absolute Gasteiger partial charge is 0.323 e. The van der Waals surface area contributed by atoms with Gasteiger partial charge in [0.05, 0.1) is 11.0 Å². The average Bonchev–Trinajstić information content (AvgIpc) is 3.45. The molecule has 7 nitrogen and oxygen atoms in total. The number of aryl methyl sites for hydroxylation is 2. The summed E-state index contributed by atoms with van der Waals surface area (Å²) in [5, 5.41) is 3.44. The first-order valence-electron chi connectivity index (χ1n) is 12.5. The van der Waals surface area contributed by atoms with Crippen LogP contribution < -0.4 is 10.9 Å². The second-order valence-corrected chi connectivity index (χ2v) is 9.81. The number of aromatic nitrogens is 3. The minimum Gasteiger partial charge on any atom is -0.461 e. The summed E-state index contributed by atoms with van der Waals surface area (Å²) in [7, 11) is 0. The summed E-state index contributed by atoms with van der Waals surface area (Å²) < 4.78 is 7.94. The summed E-state index contributed by atoms with van der Waals surface area (Å²) >= 11 is 0. The van der Waals surface area contributed by atoms with E-state index < -0.39 is 0 Å². The van der Waals surface area contributed by atoms with Crippen LogP contribution >= 0.6 is 0 Å². The van der Waals surface area contributed by atoms with Gasteiger partial charge in [-0.25, -0.2) is 4.98 Å². The number of rotatable bonds is 9. The Hall–Kier alpha value is -2.93. The predicted octanol–water partition coefficient (Wildman–Crippen LogP) is 4.71. The van der Waals surface area contributed by atoms with Crippen molar-refractivity contribution in [2.75, 3.05) is 0 Å². The van der Waals surface area contributed by atoms with Crippen LogP contribution in [-0.4, -0.2) is 32.7 Å². The third-order valence-electron chi connectivity index (χ3n) is 6.61. The van der Waals surface area contributed by atoms with Gasteiger partial charge in [-0.15, -0.1) is 0 Å². The molecule has 34 heavy (non-hydrogen) atoms. The standard InChI is InChI=1S/C27H36N4O3/c1-5-31-24-11-10-19(14-22(24)30-25(31)20-13-18(4)26(32)29-16-20)15-28-23(12-17(2)3)27(33)34-21-8-6-7-9-21/h10-11,13-14,16-17,21,23,28H,5-9,12,15H2,1-4H3,(H,29,32)/t23-/m0/s1. The fraction of sp³-hybridized carbons (Fsp3) is 0.519.